The molecule has 1 aromatic heterocycles. The van der Waals surface area contributed by atoms with E-state index in [0.29, 0.717) is 12.5 Å². The Balaban J connectivity index is 2.50. The van der Waals surface area contributed by atoms with Crippen molar-refractivity contribution in [2.75, 3.05) is 6.54 Å². The van der Waals surface area contributed by atoms with Gasteiger partial charge < -0.3 is 0 Å². The molecule has 0 aromatic carbocycles. The van der Waals surface area contributed by atoms with E-state index < -0.39 is 0 Å². The highest BCUT2D eigenvalue weighted by atomic mass is 15.1. The van der Waals surface area contributed by atoms with E-state index in [-0.39, 0.29) is 0 Å². The molecule has 51 valence electrons. The molecular weight excluding hydrogens is 128 g/mol. The molecule has 1 rings (SSSR count). The molecule has 0 saturated heterocycles. The number of nitrogens with zero attached hydrogens (tertiary/aromatic N) is 4. The average Bonchev–Trinajstić information content (AvgIpc) is 2.03. The fourth-order valence-corrected chi connectivity index (χ4v) is 0.461. The zero-order chi connectivity index (χ0) is 7.23. The summed E-state index contributed by atoms with van der Waals surface area (Å²) in [4.78, 5) is 11.2. The Hall–Kier alpha value is -1.45. The molecule has 0 N–H and O–H groups in total. The summed E-state index contributed by atoms with van der Waals surface area (Å²) in [5, 5.41) is 3.94. The lowest BCUT2D eigenvalue weighted by Gasteiger charge is -1.92. The maximum atomic E-state index is 3.94. The predicted octanol–water partition coefficient (Wildman–Crippen LogP) is 0.293. The van der Waals surface area contributed by atoms with E-state index >= 15 is 0 Å². The van der Waals surface area contributed by atoms with Crippen molar-refractivity contribution in [2.45, 2.75) is 0 Å². The first kappa shape index (κ1) is 6.67. The van der Waals surface area contributed by atoms with Crippen LogP contribution in [0, 0.1) is 0 Å². The Morgan fingerprint density at radius 1 is 1.50 bits per heavy atom. The van der Waals surface area contributed by atoms with E-state index in [1.54, 1.807) is 6.08 Å². The first-order chi connectivity index (χ1) is 4.93. The van der Waals surface area contributed by atoms with Crippen molar-refractivity contribution in [3.8, 4) is 0 Å². The molecule has 4 heteroatoms. The number of hydrogen-bond acceptors (Lipinski definition) is 3. The van der Waals surface area contributed by atoms with E-state index in [0.717, 1.165) is 0 Å². The van der Waals surface area contributed by atoms with E-state index in [2.05, 4.69) is 26.8 Å². The lowest BCUT2D eigenvalue weighted by atomic mass is 10.6. The highest BCUT2D eigenvalue weighted by Crippen LogP contribution is 1.89. The summed E-state index contributed by atoms with van der Waals surface area (Å²) in [7, 11) is 0. The van der Waals surface area contributed by atoms with Crippen LogP contribution in [0.3, 0.4) is 0 Å². The lowest BCUT2D eigenvalue weighted by molar-refractivity contribution is 0.868. The van der Waals surface area contributed by atoms with Crippen LogP contribution < -0.4 is 5.32 Å². The van der Waals surface area contributed by atoms with Gasteiger partial charge in [-0.25, -0.2) is 10.3 Å². The molecular formula is C6H7N4. The number of hydrogen-bond donors (Lipinski definition) is 0. The van der Waals surface area contributed by atoms with Gasteiger partial charge in [-0.1, -0.05) is 6.08 Å². The van der Waals surface area contributed by atoms with Crippen LogP contribution in [-0.2, 0) is 0 Å². The summed E-state index contributed by atoms with van der Waals surface area (Å²) in [6.07, 6.45) is 4.51. The van der Waals surface area contributed by atoms with Gasteiger partial charge in [0.25, 0.3) is 0 Å². The van der Waals surface area contributed by atoms with Gasteiger partial charge in [0.2, 0.25) is 5.95 Å². The van der Waals surface area contributed by atoms with Crippen molar-refractivity contribution in [1.29, 1.82) is 0 Å². The third kappa shape index (κ3) is 1.81. The average molecular weight is 135 g/mol. The van der Waals surface area contributed by atoms with Crippen molar-refractivity contribution in [3.63, 3.8) is 0 Å². The van der Waals surface area contributed by atoms with Crippen molar-refractivity contribution in [1.82, 2.24) is 20.3 Å². The van der Waals surface area contributed by atoms with Gasteiger partial charge >= 0.3 is 0 Å². The molecule has 0 atom stereocenters. The molecule has 0 saturated carbocycles. The minimum Gasteiger partial charge on any atom is -0.245 e. The van der Waals surface area contributed by atoms with Gasteiger partial charge in [-0.15, -0.1) is 6.58 Å². The second-order valence-corrected chi connectivity index (χ2v) is 1.57. The largest absolute Gasteiger partial charge is 0.247 e. The Morgan fingerprint density at radius 3 is 2.80 bits per heavy atom. The van der Waals surface area contributed by atoms with Gasteiger partial charge in [-0.3, -0.25) is 0 Å². The van der Waals surface area contributed by atoms with Crippen LogP contribution in [0.15, 0.2) is 25.3 Å². The molecule has 4 nitrogen and oxygen atoms in total. The van der Waals surface area contributed by atoms with Crippen LogP contribution in [0.4, 0.5) is 5.95 Å². The molecule has 0 spiro atoms. The van der Waals surface area contributed by atoms with Crippen LogP contribution in [0.25, 0.3) is 0 Å². The monoisotopic (exact) mass is 135 g/mol. The Bertz CT molecular complexity index is 196. The van der Waals surface area contributed by atoms with Gasteiger partial charge in [-0.05, 0) is 0 Å². The van der Waals surface area contributed by atoms with E-state index in [4.69, 9.17) is 0 Å². The van der Waals surface area contributed by atoms with Crippen molar-refractivity contribution < 1.29 is 0 Å². The molecule has 1 aromatic rings. The molecule has 0 aliphatic heterocycles. The third-order valence-electron chi connectivity index (χ3n) is 0.842. The highest BCUT2D eigenvalue weighted by molar-refractivity contribution is 5.08. The molecule has 0 bridgehead atoms. The Labute approximate surface area is 59.0 Å². The normalized spacial score (nSPS) is 8.80. The second-order valence-electron chi connectivity index (χ2n) is 1.57. The fourth-order valence-electron chi connectivity index (χ4n) is 0.461. The molecule has 0 aliphatic rings. The number of aromatic nitrogens is 3. The second kappa shape index (κ2) is 3.55. The van der Waals surface area contributed by atoms with Crippen molar-refractivity contribution in [3.05, 3.63) is 25.3 Å². The zero-order valence-electron chi connectivity index (χ0n) is 5.44. The predicted molar refractivity (Wildman–Crippen MR) is 36.7 cm³/mol. The number of rotatable bonds is 3. The fraction of sp³-hybridized carbons (Fsp3) is 0.167. The summed E-state index contributed by atoms with van der Waals surface area (Å²) in [6.45, 7) is 4.06. The van der Waals surface area contributed by atoms with Crippen LogP contribution >= 0.6 is 0 Å². The van der Waals surface area contributed by atoms with Gasteiger partial charge in [0.1, 0.15) is 12.7 Å². The molecule has 0 fully saturated rings. The van der Waals surface area contributed by atoms with E-state index in [1.807, 2.05) is 0 Å². The maximum absolute atomic E-state index is 3.94. The minimum atomic E-state index is 0.454. The summed E-state index contributed by atoms with van der Waals surface area (Å²) < 4.78 is 0. The SMILES string of the molecule is C=CC[N]c1ncncn1. The first-order valence-corrected chi connectivity index (χ1v) is 2.84. The third-order valence-corrected chi connectivity index (χ3v) is 0.842. The van der Waals surface area contributed by atoms with Crippen LogP contribution in [0.1, 0.15) is 0 Å². The Kier molecular flexibility index (Phi) is 2.37. The van der Waals surface area contributed by atoms with Gasteiger partial charge in [-0.2, -0.15) is 9.97 Å². The molecule has 10 heavy (non-hydrogen) atoms. The van der Waals surface area contributed by atoms with Crippen molar-refractivity contribution in [2.24, 2.45) is 0 Å². The minimum absolute atomic E-state index is 0.454. The molecule has 0 unspecified atom stereocenters. The quantitative estimate of drug-likeness (QED) is 0.560. The molecule has 0 aliphatic carbocycles. The van der Waals surface area contributed by atoms with Crippen LogP contribution in [-0.4, -0.2) is 21.5 Å². The Morgan fingerprint density at radius 2 is 2.20 bits per heavy atom. The van der Waals surface area contributed by atoms with Crippen molar-refractivity contribution >= 4 is 5.95 Å². The van der Waals surface area contributed by atoms with E-state index in [1.165, 1.54) is 12.7 Å². The molecule has 1 radical (unpaired) electrons. The summed E-state index contributed by atoms with van der Waals surface area (Å²) in [5.41, 5.74) is 0. The lowest BCUT2D eigenvalue weighted by Crippen LogP contribution is -2.00. The molecule has 1 heterocycles. The summed E-state index contributed by atoms with van der Waals surface area (Å²) in [6, 6.07) is 0. The summed E-state index contributed by atoms with van der Waals surface area (Å²) in [5.74, 6) is 0.454. The standard InChI is InChI=1S/C6H7N4/c1-2-3-8-6-9-4-7-5-10-6/h2,4-5H,1,3H2. The smallest absolute Gasteiger partial charge is 0.245 e. The van der Waals surface area contributed by atoms with Gasteiger partial charge in [0.15, 0.2) is 0 Å². The maximum Gasteiger partial charge on any atom is 0.247 e. The topological polar surface area (TPSA) is 52.8 Å². The van der Waals surface area contributed by atoms with Crippen LogP contribution in [0.2, 0.25) is 0 Å². The highest BCUT2D eigenvalue weighted by Gasteiger charge is 1.89. The summed E-state index contributed by atoms with van der Waals surface area (Å²) >= 11 is 0. The van der Waals surface area contributed by atoms with Gasteiger partial charge in [0, 0.05) is 0 Å². The molecule has 0 amide bonds. The first-order valence-electron chi connectivity index (χ1n) is 2.84. The van der Waals surface area contributed by atoms with E-state index in [9.17, 15) is 0 Å². The zero-order valence-corrected chi connectivity index (χ0v) is 5.44. The van der Waals surface area contributed by atoms with Crippen LogP contribution in [0.5, 0.6) is 0 Å². The van der Waals surface area contributed by atoms with Gasteiger partial charge in [0.05, 0.1) is 6.54 Å².